The van der Waals surface area contributed by atoms with Crippen molar-refractivity contribution in [2.24, 2.45) is 0 Å². The highest BCUT2D eigenvalue weighted by atomic mass is 31.2. The van der Waals surface area contributed by atoms with Crippen LogP contribution in [0.25, 0.3) is 0 Å². The molecule has 0 saturated carbocycles. The molecule has 0 bridgehead atoms. The van der Waals surface area contributed by atoms with Crippen molar-refractivity contribution in [2.45, 2.75) is 198 Å². The number of phosphoric acid groups is 1. The molecule has 296 valence electrons. The van der Waals surface area contributed by atoms with Gasteiger partial charge in [0.05, 0.1) is 24.9 Å². The average molecular weight is 758 g/mol. The summed E-state index contributed by atoms with van der Waals surface area (Å²) in [5.41, 5.74) is 0. The van der Waals surface area contributed by atoms with Gasteiger partial charge in [-0.2, -0.15) is 0 Å². The molecule has 0 unspecified atom stereocenters. The van der Waals surface area contributed by atoms with Crippen LogP contribution in [0, 0.1) is 0 Å². The minimum Gasteiger partial charge on any atom is -0.457 e. The number of nitrogens with one attached hydrogen (secondary N) is 1. The molecule has 0 aromatic carbocycles. The molecule has 0 aromatic heterocycles. The molecule has 6 N–H and O–H groups in total. The second-order valence-electron chi connectivity index (χ2n) is 13.9. The van der Waals surface area contributed by atoms with Crippen LogP contribution in [0.2, 0.25) is 0 Å². The van der Waals surface area contributed by atoms with Gasteiger partial charge in [0.1, 0.15) is 12.2 Å². The molecule has 5 atom stereocenters. The number of ether oxygens (including phenoxy) is 2. The Balaban J connectivity index is 2.82. The Bertz CT molecular complexity index is 991. The number of hydrogen-bond donors (Lipinski definition) is 6. The monoisotopic (exact) mass is 757 g/mol. The molecule has 15 heteroatoms. The van der Waals surface area contributed by atoms with E-state index >= 15 is 0 Å². The number of rotatable bonds is 31. The fourth-order valence-corrected chi connectivity index (χ4v) is 7.86. The third-order valence-electron chi connectivity index (χ3n) is 9.24. The summed E-state index contributed by atoms with van der Waals surface area (Å²) in [6.07, 6.45) is 16.8. The summed E-state index contributed by atoms with van der Waals surface area (Å²) in [5, 5.41) is 12.7. The lowest BCUT2D eigenvalue weighted by Crippen LogP contribution is -2.66. The molecule has 0 spiro atoms. The summed E-state index contributed by atoms with van der Waals surface area (Å²) >= 11 is 0. The van der Waals surface area contributed by atoms with Gasteiger partial charge in [0, 0.05) is 12.8 Å². The highest BCUT2D eigenvalue weighted by molar-refractivity contribution is 7.51. The van der Waals surface area contributed by atoms with Gasteiger partial charge >= 0.3 is 21.4 Å². The maximum atomic E-state index is 13.1. The van der Waals surface area contributed by atoms with Gasteiger partial charge < -0.3 is 39.5 Å². The number of hydrogen-bond acceptors (Lipinski definition) is 8. The molecular weight excluding hydrogens is 688 g/mol. The fraction of sp³-hybridized carbons (Fsp3) is 0.943. The fourth-order valence-electron chi connectivity index (χ4n) is 6.51. The van der Waals surface area contributed by atoms with Gasteiger partial charge in [-0.1, -0.05) is 142 Å². The van der Waals surface area contributed by atoms with Crippen LogP contribution < -0.4 is 5.32 Å². The summed E-state index contributed by atoms with van der Waals surface area (Å²) in [7, 11) is -9.98. The predicted octanol–water partition coefficient (Wildman–Crippen LogP) is 7.20. The highest BCUT2D eigenvalue weighted by Gasteiger charge is 2.52. The number of phosphoric ester groups is 1. The molecule has 1 saturated heterocycles. The van der Waals surface area contributed by atoms with Crippen molar-refractivity contribution in [1.29, 1.82) is 0 Å². The number of carbonyl (C=O) groups is 2. The Morgan fingerprint density at radius 2 is 1.04 bits per heavy atom. The van der Waals surface area contributed by atoms with Crippen LogP contribution in [-0.2, 0) is 32.7 Å². The molecular formula is C35H69NO12P2. The zero-order chi connectivity index (χ0) is 37.3. The lowest BCUT2D eigenvalue weighted by Gasteiger charge is -2.45. The minimum absolute atomic E-state index is 0.0106. The largest absolute Gasteiger partial charge is 0.470 e. The summed E-state index contributed by atoms with van der Waals surface area (Å²) in [5.74, 6) is -1.21. The second-order valence-corrected chi connectivity index (χ2v) is 16.8. The first kappa shape index (κ1) is 47.1. The molecule has 0 radical (unpaired) electrons. The van der Waals surface area contributed by atoms with Gasteiger partial charge in [0.25, 0.3) is 0 Å². The van der Waals surface area contributed by atoms with E-state index < -0.39 is 70.5 Å². The number of esters is 1. The summed E-state index contributed by atoms with van der Waals surface area (Å²) in [6.45, 7) is 3.54. The first-order valence-electron chi connectivity index (χ1n) is 19.3. The maximum Gasteiger partial charge on any atom is 0.470 e. The van der Waals surface area contributed by atoms with Crippen molar-refractivity contribution in [2.75, 3.05) is 12.8 Å². The van der Waals surface area contributed by atoms with E-state index in [0.29, 0.717) is 12.8 Å². The molecule has 1 rings (SSSR count). The average Bonchev–Trinajstić information content (AvgIpc) is 3.03. The molecule has 0 aliphatic carbocycles. The van der Waals surface area contributed by atoms with E-state index in [9.17, 15) is 43.4 Å². The van der Waals surface area contributed by atoms with Crippen LogP contribution in [0.3, 0.4) is 0 Å². The van der Waals surface area contributed by atoms with Crippen LogP contribution in [-0.4, -0.2) is 79.8 Å². The van der Waals surface area contributed by atoms with E-state index in [2.05, 4.69) is 19.2 Å². The third-order valence-corrected chi connectivity index (χ3v) is 10.6. The lowest BCUT2D eigenvalue weighted by atomic mass is 9.92. The minimum atomic E-state index is -5.22. The number of aliphatic hydroxyl groups excluding tert-OH is 1. The third kappa shape index (κ3) is 23.6. The van der Waals surface area contributed by atoms with Gasteiger partial charge in [-0.25, -0.2) is 4.57 Å². The molecule has 50 heavy (non-hydrogen) atoms. The van der Waals surface area contributed by atoms with E-state index in [-0.39, 0.29) is 12.8 Å². The Hall–Kier alpha value is -0.880. The van der Waals surface area contributed by atoms with E-state index in [1.165, 1.54) is 77.0 Å². The van der Waals surface area contributed by atoms with Crippen molar-refractivity contribution in [1.82, 2.24) is 5.32 Å². The molecule has 1 fully saturated rings. The molecule has 1 heterocycles. The molecule has 1 amide bonds. The smallest absolute Gasteiger partial charge is 0.457 e. The number of carbonyl (C=O) groups excluding carboxylic acids is 2. The number of amides is 1. The van der Waals surface area contributed by atoms with Crippen LogP contribution in [0.5, 0.6) is 0 Å². The van der Waals surface area contributed by atoms with Gasteiger partial charge in [-0.05, 0) is 12.8 Å². The maximum absolute atomic E-state index is 13.1. The van der Waals surface area contributed by atoms with E-state index in [4.69, 9.17) is 14.0 Å². The van der Waals surface area contributed by atoms with Crippen molar-refractivity contribution in [3.8, 4) is 0 Å². The van der Waals surface area contributed by atoms with E-state index in [1.54, 1.807) is 0 Å². The van der Waals surface area contributed by atoms with Crippen molar-refractivity contribution < 1.29 is 57.4 Å². The topological polar surface area (TPSA) is 209 Å². The first-order valence-corrected chi connectivity index (χ1v) is 22.7. The van der Waals surface area contributed by atoms with Gasteiger partial charge in [0.2, 0.25) is 5.91 Å². The van der Waals surface area contributed by atoms with E-state index in [0.717, 1.165) is 51.4 Å². The van der Waals surface area contributed by atoms with Crippen LogP contribution >= 0.6 is 15.4 Å². The standard InChI is InChI=1S/C35H69NO12P2/c1-3-5-7-9-11-13-15-17-19-21-23-25-31(38)36-33-30(28-49(40,41)42)46-29(27-37)34(48-50(43,44)45)35(33)47-32(39)26-24-22-20-18-16-14-12-10-8-6-4-2/h29-30,33-35,37H,3-28H2,1-2H3,(H,36,38)(H2,40,41,42)(H2,43,44,45)/t29-,30-,33+,34-,35-/m1/s1. The molecule has 1 aliphatic rings. The van der Waals surface area contributed by atoms with Crippen LogP contribution in [0.4, 0.5) is 0 Å². The number of unbranched alkanes of at least 4 members (excludes halogenated alkanes) is 20. The quantitative estimate of drug-likeness (QED) is 0.0236. The summed E-state index contributed by atoms with van der Waals surface area (Å²) in [6, 6.07) is -1.40. The molecule has 1 aliphatic heterocycles. The first-order chi connectivity index (χ1) is 23.8. The zero-order valence-electron chi connectivity index (χ0n) is 30.8. The summed E-state index contributed by atoms with van der Waals surface area (Å²) in [4.78, 5) is 65.0. The molecule has 0 aromatic rings. The highest BCUT2D eigenvalue weighted by Crippen LogP contribution is 2.44. The SMILES string of the molecule is CCCCCCCCCCCCCC(=O)N[C@@H]1[C@@H](OC(=O)CCCCCCCCCCCCC)[C@H](OP(=O)(O)O)[C@@H](CO)O[C@@H]1CP(=O)(O)O. The Morgan fingerprint density at radius 3 is 1.44 bits per heavy atom. The van der Waals surface area contributed by atoms with Gasteiger partial charge in [-0.3, -0.25) is 18.7 Å². The van der Waals surface area contributed by atoms with Crippen molar-refractivity contribution in [3.05, 3.63) is 0 Å². The Morgan fingerprint density at radius 1 is 0.620 bits per heavy atom. The van der Waals surface area contributed by atoms with Crippen LogP contribution in [0.15, 0.2) is 0 Å². The van der Waals surface area contributed by atoms with Crippen molar-refractivity contribution >= 4 is 27.3 Å². The van der Waals surface area contributed by atoms with Crippen LogP contribution in [0.1, 0.15) is 168 Å². The predicted molar refractivity (Wildman–Crippen MR) is 194 cm³/mol. The van der Waals surface area contributed by atoms with E-state index in [1.807, 2.05) is 0 Å². The lowest BCUT2D eigenvalue weighted by molar-refractivity contribution is -0.204. The Kier molecular flexibility index (Phi) is 26.1. The second kappa shape index (κ2) is 27.7. The van der Waals surface area contributed by atoms with Gasteiger partial charge in [0.15, 0.2) is 6.10 Å². The normalized spacial score (nSPS) is 21.3. The molecule has 13 nitrogen and oxygen atoms in total. The van der Waals surface area contributed by atoms with Crippen molar-refractivity contribution in [3.63, 3.8) is 0 Å². The van der Waals surface area contributed by atoms with Gasteiger partial charge in [-0.15, -0.1) is 0 Å². The number of aliphatic hydroxyl groups is 1. The summed E-state index contributed by atoms with van der Waals surface area (Å²) < 4.78 is 40.2. The Labute approximate surface area is 300 Å². The zero-order valence-corrected chi connectivity index (χ0v) is 32.5.